The highest BCUT2D eigenvalue weighted by atomic mass is 32.1. The van der Waals surface area contributed by atoms with Crippen LogP contribution in [0.4, 0.5) is 5.13 Å². The van der Waals surface area contributed by atoms with Gasteiger partial charge in [-0.25, -0.2) is 0 Å². The van der Waals surface area contributed by atoms with E-state index in [1.807, 2.05) is 13.8 Å². The fourth-order valence-corrected chi connectivity index (χ4v) is 1.61. The molecule has 1 heterocycles. The van der Waals surface area contributed by atoms with Gasteiger partial charge in [0.15, 0.2) is 0 Å². The summed E-state index contributed by atoms with van der Waals surface area (Å²) in [5.41, 5.74) is 5.45. The first-order chi connectivity index (χ1) is 6.67. The summed E-state index contributed by atoms with van der Waals surface area (Å²) in [6, 6.07) is 0. The van der Waals surface area contributed by atoms with Crippen LogP contribution < -0.4 is 11.1 Å². The largest absolute Gasteiger partial charge is 0.330 e. The SMILES string of the molecule is CCC(CN)C(=O)Nc1nnc(C)s1. The van der Waals surface area contributed by atoms with Crippen LogP contribution in [-0.2, 0) is 4.79 Å². The van der Waals surface area contributed by atoms with Gasteiger partial charge in [0.2, 0.25) is 11.0 Å². The van der Waals surface area contributed by atoms with E-state index >= 15 is 0 Å². The van der Waals surface area contributed by atoms with Gasteiger partial charge < -0.3 is 11.1 Å². The van der Waals surface area contributed by atoms with Gasteiger partial charge in [0.05, 0.1) is 5.92 Å². The zero-order valence-corrected chi connectivity index (χ0v) is 9.10. The fraction of sp³-hybridized carbons (Fsp3) is 0.625. The van der Waals surface area contributed by atoms with Crippen molar-refractivity contribution in [3.63, 3.8) is 0 Å². The van der Waals surface area contributed by atoms with E-state index in [-0.39, 0.29) is 11.8 Å². The molecule has 1 rings (SSSR count). The molecule has 0 fully saturated rings. The number of hydrogen-bond donors (Lipinski definition) is 2. The Bertz CT molecular complexity index is 308. The number of nitrogens with one attached hydrogen (secondary N) is 1. The van der Waals surface area contributed by atoms with Crippen molar-refractivity contribution in [2.45, 2.75) is 20.3 Å². The lowest BCUT2D eigenvalue weighted by Gasteiger charge is -2.09. The van der Waals surface area contributed by atoms with Crippen molar-refractivity contribution in [3.05, 3.63) is 5.01 Å². The highest BCUT2D eigenvalue weighted by molar-refractivity contribution is 7.15. The molecule has 1 aromatic rings. The summed E-state index contributed by atoms with van der Waals surface area (Å²) in [4.78, 5) is 11.5. The Kier molecular flexibility index (Phi) is 3.97. The summed E-state index contributed by atoms with van der Waals surface area (Å²) in [6.07, 6.45) is 0.736. The molecule has 0 aliphatic carbocycles. The molecule has 1 aromatic heterocycles. The monoisotopic (exact) mass is 214 g/mol. The average molecular weight is 214 g/mol. The van der Waals surface area contributed by atoms with Gasteiger partial charge in [0.25, 0.3) is 0 Å². The highest BCUT2D eigenvalue weighted by Gasteiger charge is 2.15. The maximum Gasteiger partial charge on any atom is 0.230 e. The predicted molar refractivity (Wildman–Crippen MR) is 56.1 cm³/mol. The smallest absolute Gasteiger partial charge is 0.230 e. The van der Waals surface area contributed by atoms with Gasteiger partial charge in [0, 0.05) is 6.54 Å². The molecule has 1 amide bonds. The minimum absolute atomic E-state index is 0.0776. The van der Waals surface area contributed by atoms with E-state index in [0.717, 1.165) is 11.4 Å². The number of aryl methyl sites for hydroxylation is 1. The van der Waals surface area contributed by atoms with Crippen LogP contribution in [0.5, 0.6) is 0 Å². The standard InChI is InChI=1S/C8H14N4OS/c1-3-6(4-9)7(13)10-8-12-11-5(2)14-8/h6H,3-4,9H2,1-2H3,(H,10,12,13). The Hall–Kier alpha value is -1.01. The molecule has 0 bridgehead atoms. The number of anilines is 1. The highest BCUT2D eigenvalue weighted by Crippen LogP contribution is 2.15. The van der Waals surface area contributed by atoms with Crippen LogP contribution in [0, 0.1) is 12.8 Å². The molecule has 0 aromatic carbocycles. The Balaban J connectivity index is 2.56. The Morgan fingerprint density at radius 1 is 1.64 bits per heavy atom. The molecule has 1 unspecified atom stereocenters. The van der Waals surface area contributed by atoms with Crippen molar-refractivity contribution in [2.75, 3.05) is 11.9 Å². The Labute approximate surface area is 86.7 Å². The number of carbonyl (C=O) groups is 1. The van der Waals surface area contributed by atoms with Gasteiger partial charge in [-0.2, -0.15) is 0 Å². The molecule has 0 aliphatic heterocycles. The molecule has 0 radical (unpaired) electrons. The van der Waals surface area contributed by atoms with E-state index in [4.69, 9.17) is 5.73 Å². The van der Waals surface area contributed by atoms with E-state index in [9.17, 15) is 4.79 Å². The van der Waals surface area contributed by atoms with E-state index in [0.29, 0.717) is 11.7 Å². The Morgan fingerprint density at radius 3 is 2.79 bits per heavy atom. The summed E-state index contributed by atoms with van der Waals surface area (Å²) in [7, 11) is 0. The summed E-state index contributed by atoms with van der Waals surface area (Å²) in [5.74, 6) is -0.217. The molecule has 0 saturated heterocycles. The van der Waals surface area contributed by atoms with Crippen molar-refractivity contribution in [2.24, 2.45) is 11.7 Å². The second-order valence-corrected chi connectivity index (χ2v) is 4.14. The number of aromatic nitrogens is 2. The van der Waals surface area contributed by atoms with Gasteiger partial charge in [0.1, 0.15) is 5.01 Å². The first-order valence-corrected chi connectivity index (χ1v) is 5.30. The lowest BCUT2D eigenvalue weighted by atomic mass is 10.1. The van der Waals surface area contributed by atoms with Crippen LogP contribution >= 0.6 is 11.3 Å². The van der Waals surface area contributed by atoms with Crippen LogP contribution in [-0.4, -0.2) is 22.6 Å². The van der Waals surface area contributed by atoms with Crippen LogP contribution in [0.25, 0.3) is 0 Å². The van der Waals surface area contributed by atoms with E-state index in [1.54, 1.807) is 0 Å². The topological polar surface area (TPSA) is 80.9 Å². The number of nitrogens with zero attached hydrogens (tertiary/aromatic N) is 2. The first-order valence-electron chi connectivity index (χ1n) is 4.48. The van der Waals surface area contributed by atoms with Crippen LogP contribution in [0.1, 0.15) is 18.4 Å². The van der Waals surface area contributed by atoms with Crippen molar-refractivity contribution in [1.82, 2.24) is 10.2 Å². The van der Waals surface area contributed by atoms with Crippen LogP contribution in [0.2, 0.25) is 0 Å². The molecular formula is C8H14N4OS. The molecule has 1 atom stereocenters. The third kappa shape index (κ3) is 2.74. The Morgan fingerprint density at radius 2 is 2.36 bits per heavy atom. The fourth-order valence-electron chi connectivity index (χ4n) is 1.01. The van der Waals surface area contributed by atoms with Crippen molar-refractivity contribution < 1.29 is 4.79 Å². The summed E-state index contributed by atoms with van der Waals surface area (Å²) in [6.45, 7) is 4.14. The van der Waals surface area contributed by atoms with Gasteiger partial charge >= 0.3 is 0 Å². The molecule has 6 heteroatoms. The molecule has 3 N–H and O–H groups in total. The molecule has 0 aliphatic rings. The maximum atomic E-state index is 11.5. The number of carbonyl (C=O) groups excluding carboxylic acids is 1. The number of nitrogens with two attached hydrogens (primary N) is 1. The lowest BCUT2D eigenvalue weighted by molar-refractivity contribution is -0.119. The minimum atomic E-state index is -0.140. The average Bonchev–Trinajstić information content (AvgIpc) is 2.53. The maximum absolute atomic E-state index is 11.5. The number of hydrogen-bond acceptors (Lipinski definition) is 5. The third-order valence-electron chi connectivity index (χ3n) is 1.90. The quantitative estimate of drug-likeness (QED) is 0.775. The van der Waals surface area contributed by atoms with E-state index in [1.165, 1.54) is 11.3 Å². The van der Waals surface area contributed by atoms with Gasteiger partial charge in [-0.15, -0.1) is 10.2 Å². The van der Waals surface area contributed by atoms with Crippen molar-refractivity contribution in [1.29, 1.82) is 0 Å². The second-order valence-electron chi connectivity index (χ2n) is 2.96. The molecule has 0 saturated carbocycles. The summed E-state index contributed by atoms with van der Waals surface area (Å²) >= 11 is 1.36. The van der Waals surface area contributed by atoms with Crippen molar-refractivity contribution >= 4 is 22.4 Å². The lowest BCUT2D eigenvalue weighted by Crippen LogP contribution is -2.28. The van der Waals surface area contributed by atoms with Crippen LogP contribution in [0.3, 0.4) is 0 Å². The minimum Gasteiger partial charge on any atom is -0.330 e. The zero-order valence-electron chi connectivity index (χ0n) is 8.28. The first kappa shape index (κ1) is 11.1. The number of amides is 1. The van der Waals surface area contributed by atoms with Gasteiger partial charge in [-0.3, -0.25) is 4.79 Å². The van der Waals surface area contributed by atoms with E-state index in [2.05, 4.69) is 15.5 Å². The zero-order chi connectivity index (χ0) is 10.6. The second kappa shape index (κ2) is 5.02. The van der Waals surface area contributed by atoms with Crippen LogP contribution in [0.15, 0.2) is 0 Å². The molecule has 14 heavy (non-hydrogen) atoms. The molecule has 78 valence electrons. The van der Waals surface area contributed by atoms with Crippen molar-refractivity contribution in [3.8, 4) is 0 Å². The normalized spacial score (nSPS) is 12.5. The third-order valence-corrected chi connectivity index (χ3v) is 2.66. The van der Waals surface area contributed by atoms with Gasteiger partial charge in [-0.1, -0.05) is 18.3 Å². The molecular weight excluding hydrogens is 200 g/mol. The molecule has 0 spiro atoms. The van der Waals surface area contributed by atoms with E-state index < -0.39 is 0 Å². The number of rotatable bonds is 4. The molecule has 5 nitrogen and oxygen atoms in total. The summed E-state index contributed by atoms with van der Waals surface area (Å²) < 4.78 is 0. The van der Waals surface area contributed by atoms with Gasteiger partial charge in [-0.05, 0) is 13.3 Å². The summed E-state index contributed by atoms with van der Waals surface area (Å²) in [5, 5.41) is 11.7. The predicted octanol–water partition coefficient (Wildman–Crippen LogP) is 0.770.